The van der Waals surface area contributed by atoms with Gasteiger partial charge < -0.3 is 10.4 Å². The predicted octanol–water partition coefficient (Wildman–Crippen LogP) is 1.09. The molecule has 19 heavy (non-hydrogen) atoms. The van der Waals surface area contributed by atoms with E-state index in [-0.39, 0.29) is 12.5 Å². The van der Waals surface area contributed by atoms with Gasteiger partial charge in [0.15, 0.2) is 0 Å². The lowest BCUT2D eigenvalue weighted by Crippen LogP contribution is -2.51. The van der Waals surface area contributed by atoms with Gasteiger partial charge in [-0.1, -0.05) is 26.7 Å². The fraction of sp³-hybridized carbons (Fsp3) is 0.714. The van der Waals surface area contributed by atoms with Crippen molar-refractivity contribution in [3.63, 3.8) is 0 Å². The molecule has 5 heteroatoms. The molecule has 2 N–H and O–H groups in total. The molecule has 0 fully saturated rings. The third-order valence-electron chi connectivity index (χ3n) is 3.46. The number of nitrogens with zero attached hydrogens (tertiary/aromatic N) is 1. The minimum absolute atomic E-state index is 0.0221. The number of nitrogens with one attached hydrogen (secondary N) is 1. The zero-order valence-corrected chi connectivity index (χ0v) is 12.2. The Kier molecular flexibility index (Phi) is 7.17. The molecule has 0 spiro atoms. The Balaban J connectivity index is 4.63. The molecule has 0 heterocycles. The zero-order valence-electron chi connectivity index (χ0n) is 12.2. The van der Waals surface area contributed by atoms with E-state index in [0.717, 1.165) is 0 Å². The minimum Gasteiger partial charge on any atom is -0.480 e. The van der Waals surface area contributed by atoms with E-state index in [0.29, 0.717) is 19.3 Å². The van der Waals surface area contributed by atoms with Gasteiger partial charge >= 0.3 is 5.97 Å². The molecule has 0 saturated carbocycles. The summed E-state index contributed by atoms with van der Waals surface area (Å²) in [6, 6.07) is -0.658. The number of hydrogen-bond acceptors (Lipinski definition) is 3. The molecular weight excluding hydrogens is 244 g/mol. The summed E-state index contributed by atoms with van der Waals surface area (Å²) in [4.78, 5) is 24.5. The third-order valence-corrected chi connectivity index (χ3v) is 3.46. The van der Waals surface area contributed by atoms with E-state index in [1.54, 1.807) is 14.0 Å². The molecule has 5 nitrogen and oxygen atoms in total. The van der Waals surface area contributed by atoms with Crippen molar-refractivity contribution in [2.75, 3.05) is 13.6 Å². The number of carboxylic acids is 1. The Morgan fingerprint density at radius 1 is 1.37 bits per heavy atom. The van der Waals surface area contributed by atoms with Crippen molar-refractivity contribution in [2.45, 2.75) is 51.6 Å². The molecular formula is C14H24N2O3. The Labute approximate surface area is 115 Å². The number of amides is 1. The van der Waals surface area contributed by atoms with Gasteiger partial charge in [-0.3, -0.25) is 14.5 Å². The molecule has 0 bridgehead atoms. The van der Waals surface area contributed by atoms with Crippen molar-refractivity contribution in [1.82, 2.24) is 10.2 Å². The fourth-order valence-electron chi connectivity index (χ4n) is 1.98. The Hall–Kier alpha value is -1.54. The van der Waals surface area contributed by atoms with E-state index in [1.165, 1.54) is 4.90 Å². The van der Waals surface area contributed by atoms with Crippen LogP contribution in [0.3, 0.4) is 0 Å². The van der Waals surface area contributed by atoms with Crippen LogP contribution < -0.4 is 5.32 Å². The van der Waals surface area contributed by atoms with Gasteiger partial charge in [0, 0.05) is 0 Å². The molecule has 0 radical (unpaired) electrons. The smallest absolute Gasteiger partial charge is 0.320 e. The molecule has 1 atom stereocenters. The first-order valence-corrected chi connectivity index (χ1v) is 6.57. The summed E-state index contributed by atoms with van der Waals surface area (Å²) in [6.45, 7) is 5.63. The number of terminal acetylenes is 1. The number of rotatable bonds is 8. The normalized spacial score (nSPS) is 12.8. The van der Waals surface area contributed by atoms with Crippen molar-refractivity contribution in [3.05, 3.63) is 0 Å². The second-order valence-corrected chi connectivity index (χ2v) is 4.66. The van der Waals surface area contributed by atoms with Crippen LogP contribution in [0.1, 0.15) is 40.0 Å². The Morgan fingerprint density at radius 2 is 1.89 bits per heavy atom. The highest BCUT2D eigenvalue weighted by Crippen LogP contribution is 2.13. The van der Waals surface area contributed by atoms with Crippen LogP contribution in [0.2, 0.25) is 0 Å². The molecule has 0 saturated heterocycles. The van der Waals surface area contributed by atoms with Gasteiger partial charge in [0.05, 0.1) is 6.54 Å². The lowest BCUT2D eigenvalue weighted by Gasteiger charge is -2.29. The molecule has 0 aliphatic carbocycles. The summed E-state index contributed by atoms with van der Waals surface area (Å²) in [5.41, 5.74) is -0.636. The fourth-order valence-corrected chi connectivity index (χ4v) is 1.98. The van der Waals surface area contributed by atoms with Gasteiger partial charge in [0.25, 0.3) is 0 Å². The summed E-state index contributed by atoms with van der Waals surface area (Å²) >= 11 is 0. The van der Waals surface area contributed by atoms with Crippen molar-refractivity contribution in [2.24, 2.45) is 0 Å². The molecule has 0 aromatic carbocycles. The topological polar surface area (TPSA) is 69.6 Å². The monoisotopic (exact) mass is 268 g/mol. The molecule has 0 rings (SSSR count). The maximum Gasteiger partial charge on any atom is 0.320 e. The number of aliphatic carboxylic acids is 1. The van der Waals surface area contributed by atoms with E-state index in [2.05, 4.69) is 11.2 Å². The molecule has 0 aliphatic rings. The van der Waals surface area contributed by atoms with Gasteiger partial charge in [0.1, 0.15) is 11.6 Å². The second-order valence-electron chi connectivity index (χ2n) is 4.66. The van der Waals surface area contributed by atoms with Crippen LogP contribution in [-0.2, 0) is 9.59 Å². The van der Waals surface area contributed by atoms with Crippen molar-refractivity contribution in [3.8, 4) is 12.3 Å². The van der Waals surface area contributed by atoms with E-state index >= 15 is 0 Å². The van der Waals surface area contributed by atoms with Crippen LogP contribution in [0, 0.1) is 12.3 Å². The van der Waals surface area contributed by atoms with Gasteiger partial charge in [-0.05, 0) is 26.3 Å². The Morgan fingerprint density at radius 3 is 2.21 bits per heavy atom. The molecule has 0 aliphatic heterocycles. The number of likely N-dealkylation sites (N-methyl/N-ethyl adjacent to an activating group) is 1. The van der Waals surface area contributed by atoms with Crippen LogP contribution in [0.5, 0.6) is 0 Å². The van der Waals surface area contributed by atoms with E-state index < -0.39 is 17.6 Å². The standard InChI is InChI=1S/C14H24N2O3/c1-6-11(13(18)19)16(5)10-12(17)15-14(7-2,8-3)9-4/h2,11H,6,8-10H2,1,3-5H3,(H,15,17)(H,18,19). The highest BCUT2D eigenvalue weighted by molar-refractivity contribution is 5.81. The number of hydrogen-bond donors (Lipinski definition) is 2. The molecule has 108 valence electrons. The van der Waals surface area contributed by atoms with Crippen LogP contribution in [0.4, 0.5) is 0 Å². The third kappa shape index (κ3) is 4.92. The summed E-state index contributed by atoms with van der Waals surface area (Å²) in [7, 11) is 1.62. The summed E-state index contributed by atoms with van der Waals surface area (Å²) in [5.74, 6) is 1.45. The Bertz CT molecular complexity index is 356. The highest BCUT2D eigenvalue weighted by atomic mass is 16.4. The SMILES string of the molecule is C#CC(CC)(CC)NC(=O)CN(C)C(CC)C(=O)O. The average molecular weight is 268 g/mol. The van der Waals surface area contributed by atoms with Crippen LogP contribution in [0.25, 0.3) is 0 Å². The molecule has 0 aromatic rings. The van der Waals surface area contributed by atoms with E-state index in [9.17, 15) is 9.59 Å². The maximum absolute atomic E-state index is 11.9. The summed E-state index contributed by atoms with van der Waals surface area (Å²) in [6.07, 6.45) is 7.20. The first-order chi connectivity index (χ1) is 8.85. The van der Waals surface area contributed by atoms with Crippen molar-refractivity contribution >= 4 is 11.9 Å². The second kappa shape index (κ2) is 7.80. The van der Waals surface area contributed by atoms with E-state index in [1.807, 2.05) is 13.8 Å². The lowest BCUT2D eigenvalue weighted by molar-refractivity contribution is -0.143. The number of carboxylic acid groups (broad SMARTS) is 1. The van der Waals surface area contributed by atoms with Gasteiger partial charge in [-0.2, -0.15) is 0 Å². The lowest BCUT2D eigenvalue weighted by atomic mass is 9.94. The van der Waals surface area contributed by atoms with Crippen LogP contribution in [0.15, 0.2) is 0 Å². The highest BCUT2D eigenvalue weighted by Gasteiger charge is 2.27. The van der Waals surface area contributed by atoms with Gasteiger partial charge in [-0.15, -0.1) is 6.42 Å². The van der Waals surface area contributed by atoms with Crippen molar-refractivity contribution < 1.29 is 14.7 Å². The number of carbonyl (C=O) groups is 2. The quantitative estimate of drug-likeness (QED) is 0.647. The average Bonchev–Trinajstić information content (AvgIpc) is 2.36. The maximum atomic E-state index is 11.9. The molecule has 1 unspecified atom stereocenters. The van der Waals surface area contributed by atoms with Crippen LogP contribution in [-0.4, -0.2) is 47.1 Å². The largest absolute Gasteiger partial charge is 0.480 e. The first kappa shape index (κ1) is 17.5. The summed E-state index contributed by atoms with van der Waals surface area (Å²) in [5, 5.41) is 11.8. The predicted molar refractivity (Wildman–Crippen MR) is 74.6 cm³/mol. The zero-order chi connectivity index (χ0) is 15.1. The van der Waals surface area contributed by atoms with Crippen molar-refractivity contribution in [1.29, 1.82) is 0 Å². The molecule has 1 amide bonds. The van der Waals surface area contributed by atoms with Gasteiger partial charge in [-0.25, -0.2) is 0 Å². The molecule has 0 aromatic heterocycles. The van der Waals surface area contributed by atoms with Gasteiger partial charge in [0.2, 0.25) is 5.91 Å². The first-order valence-electron chi connectivity index (χ1n) is 6.57. The summed E-state index contributed by atoms with van der Waals surface area (Å²) < 4.78 is 0. The number of carbonyl (C=O) groups excluding carboxylic acids is 1. The van der Waals surface area contributed by atoms with E-state index in [4.69, 9.17) is 11.5 Å². The van der Waals surface area contributed by atoms with Crippen LogP contribution >= 0.6 is 0 Å². The minimum atomic E-state index is -0.924.